The van der Waals surface area contributed by atoms with Gasteiger partial charge in [0.05, 0.1) is 0 Å². The molecule has 0 bridgehead atoms. The number of likely N-dealkylation sites (tertiary alicyclic amines) is 1. The molecule has 1 heterocycles. The number of carbonyl (C=O) groups excluding carboxylic acids is 3. The van der Waals surface area contributed by atoms with Crippen LogP contribution in [0, 0.1) is 5.92 Å². The van der Waals surface area contributed by atoms with Gasteiger partial charge in [-0.25, -0.2) is 0 Å². The quantitative estimate of drug-likeness (QED) is 0.704. The Kier molecular flexibility index (Phi) is 7.67. The summed E-state index contributed by atoms with van der Waals surface area (Å²) in [4.78, 5) is 38.8. The highest BCUT2D eigenvalue weighted by atomic mass is 16.2. The standard InChI is InChI=1S/C23H33N3O3/c24-23(29)19(16-17-8-2-1-3-9-17)25-21(27)13-6-14-22(28)26-15-7-11-18-10-4-5-12-20(18)26/h1-3,8-9,18-20H,4-7,10-16H2,(H2,24,29)(H,25,27)/t18?,19-,20?/m1/s1. The maximum Gasteiger partial charge on any atom is 0.240 e. The van der Waals surface area contributed by atoms with Crippen LogP contribution in [0.1, 0.15) is 63.4 Å². The fourth-order valence-corrected chi connectivity index (χ4v) is 4.82. The molecule has 0 aromatic heterocycles. The highest BCUT2D eigenvalue weighted by Gasteiger charge is 2.35. The van der Waals surface area contributed by atoms with E-state index in [-0.39, 0.29) is 18.2 Å². The molecule has 1 saturated heterocycles. The summed E-state index contributed by atoms with van der Waals surface area (Å²) < 4.78 is 0. The van der Waals surface area contributed by atoms with E-state index in [0.717, 1.165) is 24.9 Å². The number of fused-ring (bicyclic) bond motifs is 1. The molecule has 1 aromatic rings. The van der Waals surface area contributed by atoms with Crippen molar-refractivity contribution in [1.82, 2.24) is 10.2 Å². The molecule has 1 aliphatic heterocycles. The number of nitrogens with one attached hydrogen (secondary N) is 1. The zero-order chi connectivity index (χ0) is 20.6. The van der Waals surface area contributed by atoms with Crippen molar-refractivity contribution in [1.29, 1.82) is 0 Å². The summed E-state index contributed by atoms with van der Waals surface area (Å²) in [6.45, 7) is 0.854. The lowest BCUT2D eigenvalue weighted by Crippen LogP contribution is -2.49. The second kappa shape index (κ2) is 10.4. The number of amides is 3. The smallest absolute Gasteiger partial charge is 0.240 e. The molecule has 3 atom stereocenters. The van der Waals surface area contributed by atoms with Crippen molar-refractivity contribution in [3.8, 4) is 0 Å². The molecular weight excluding hydrogens is 366 g/mol. The lowest BCUT2D eigenvalue weighted by molar-refractivity contribution is -0.137. The van der Waals surface area contributed by atoms with Crippen molar-refractivity contribution in [3.05, 3.63) is 35.9 Å². The lowest BCUT2D eigenvalue weighted by Gasteiger charge is -2.44. The highest BCUT2D eigenvalue weighted by molar-refractivity contribution is 5.87. The van der Waals surface area contributed by atoms with Crippen molar-refractivity contribution in [2.45, 2.75) is 76.3 Å². The van der Waals surface area contributed by atoms with Crippen LogP contribution < -0.4 is 11.1 Å². The zero-order valence-corrected chi connectivity index (χ0v) is 17.1. The van der Waals surface area contributed by atoms with Crippen LogP contribution in [0.2, 0.25) is 0 Å². The second-order valence-corrected chi connectivity index (χ2v) is 8.41. The number of piperidine rings is 1. The van der Waals surface area contributed by atoms with E-state index in [1.54, 1.807) is 0 Å². The predicted molar refractivity (Wildman–Crippen MR) is 112 cm³/mol. The Morgan fingerprint density at radius 2 is 1.76 bits per heavy atom. The molecule has 6 nitrogen and oxygen atoms in total. The van der Waals surface area contributed by atoms with Gasteiger partial charge in [0.1, 0.15) is 6.04 Å². The number of nitrogens with two attached hydrogens (primary N) is 1. The molecule has 1 aliphatic carbocycles. The predicted octanol–water partition coefficient (Wildman–Crippen LogP) is 2.55. The summed E-state index contributed by atoms with van der Waals surface area (Å²) in [5, 5.41) is 2.73. The molecule has 29 heavy (non-hydrogen) atoms. The summed E-state index contributed by atoms with van der Waals surface area (Å²) in [5.74, 6) is 0.0610. The maximum atomic E-state index is 12.7. The minimum absolute atomic E-state index is 0.171. The van der Waals surface area contributed by atoms with Gasteiger partial charge in [-0.05, 0) is 43.6 Å². The zero-order valence-electron chi connectivity index (χ0n) is 17.1. The molecule has 3 amide bonds. The third kappa shape index (κ3) is 6.05. The van der Waals surface area contributed by atoms with Gasteiger partial charge in [0, 0.05) is 31.8 Å². The van der Waals surface area contributed by atoms with Gasteiger partial charge in [-0.15, -0.1) is 0 Å². The molecule has 1 saturated carbocycles. The van der Waals surface area contributed by atoms with Crippen molar-refractivity contribution in [3.63, 3.8) is 0 Å². The van der Waals surface area contributed by atoms with Crippen molar-refractivity contribution in [2.24, 2.45) is 11.7 Å². The van der Waals surface area contributed by atoms with Gasteiger partial charge >= 0.3 is 0 Å². The number of rotatable bonds is 8. The van der Waals surface area contributed by atoms with E-state index in [9.17, 15) is 14.4 Å². The fraction of sp³-hybridized carbons (Fsp3) is 0.609. The number of benzene rings is 1. The lowest BCUT2D eigenvalue weighted by atomic mass is 9.78. The van der Waals surface area contributed by atoms with Crippen LogP contribution in [0.3, 0.4) is 0 Å². The Bertz CT molecular complexity index is 705. The number of hydrogen-bond acceptors (Lipinski definition) is 3. The van der Waals surface area contributed by atoms with Gasteiger partial charge in [0.25, 0.3) is 0 Å². The van der Waals surface area contributed by atoms with Crippen molar-refractivity contribution < 1.29 is 14.4 Å². The van der Waals surface area contributed by atoms with E-state index in [1.807, 2.05) is 30.3 Å². The largest absolute Gasteiger partial charge is 0.368 e. The van der Waals surface area contributed by atoms with Gasteiger partial charge in [-0.2, -0.15) is 0 Å². The SMILES string of the molecule is NC(=O)[C@@H](Cc1ccccc1)NC(=O)CCCC(=O)N1CCCC2CCCCC21. The molecule has 1 aromatic carbocycles. The second-order valence-electron chi connectivity index (χ2n) is 8.41. The first-order valence-corrected chi connectivity index (χ1v) is 11.0. The van der Waals surface area contributed by atoms with E-state index in [2.05, 4.69) is 10.2 Å². The Morgan fingerprint density at radius 1 is 1.03 bits per heavy atom. The summed E-state index contributed by atoms with van der Waals surface area (Å²) in [5.41, 5.74) is 6.40. The van der Waals surface area contributed by atoms with E-state index >= 15 is 0 Å². The monoisotopic (exact) mass is 399 g/mol. The third-order valence-corrected chi connectivity index (χ3v) is 6.32. The number of primary amides is 1. The first-order chi connectivity index (χ1) is 14.0. The van der Waals surface area contributed by atoms with Crippen molar-refractivity contribution in [2.75, 3.05) is 6.54 Å². The summed E-state index contributed by atoms with van der Waals surface area (Å²) in [7, 11) is 0. The Balaban J connectivity index is 1.43. The molecule has 2 aliphatic rings. The van der Waals surface area contributed by atoms with Crippen LogP contribution in [-0.2, 0) is 20.8 Å². The van der Waals surface area contributed by atoms with Gasteiger partial charge in [0.2, 0.25) is 17.7 Å². The summed E-state index contributed by atoms with van der Waals surface area (Å²) >= 11 is 0. The van der Waals surface area contributed by atoms with Crippen LogP contribution in [0.25, 0.3) is 0 Å². The van der Waals surface area contributed by atoms with E-state index < -0.39 is 11.9 Å². The first kappa shape index (κ1) is 21.3. The van der Waals surface area contributed by atoms with Gasteiger partial charge in [0.15, 0.2) is 0 Å². The Labute approximate surface area is 173 Å². The van der Waals surface area contributed by atoms with Crippen LogP contribution in [0.15, 0.2) is 30.3 Å². The van der Waals surface area contributed by atoms with Gasteiger partial charge in [-0.1, -0.05) is 43.2 Å². The minimum Gasteiger partial charge on any atom is -0.368 e. The molecule has 3 N–H and O–H groups in total. The summed E-state index contributed by atoms with van der Waals surface area (Å²) in [6, 6.07) is 9.15. The van der Waals surface area contributed by atoms with Crippen LogP contribution >= 0.6 is 0 Å². The van der Waals surface area contributed by atoms with Crippen molar-refractivity contribution >= 4 is 17.7 Å². The van der Waals surface area contributed by atoms with Crippen LogP contribution in [0.5, 0.6) is 0 Å². The highest BCUT2D eigenvalue weighted by Crippen LogP contribution is 2.35. The van der Waals surface area contributed by atoms with Gasteiger partial charge in [-0.3, -0.25) is 14.4 Å². The molecule has 0 spiro atoms. The van der Waals surface area contributed by atoms with E-state index in [1.165, 1.54) is 25.7 Å². The maximum absolute atomic E-state index is 12.7. The molecule has 158 valence electrons. The third-order valence-electron chi connectivity index (χ3n) is 6.32. The molecule has 6 heteroatoms. The van der Waals surface area contributed by atoms with Crippen LogP contribution in [-0.4, -0.2) is 41.2 Å². The fourth-order valence-electron chi connectivity index (χ4n) is 4.82. The number of carbonyl (C=O) groups is 3. The number of hydrogen-bond donors (Lipinski definition) is 2. The van der Waals surface area contributed by atoms with E-state index in [4.69, 9.17) is 5.73 Å². The topological polar surface area (TPSA) is 92.5 Å². The Hall–Kier alpha value is -2.37. The van der Waals surface area contributed by atoms with Crippen LogP contribution in [0.4, 0.5) is 0 Å². The molecule has 0 radical (unpaired) electrons. The summed E-state index contributed by atoms with van der Waals surface area (Å²) in [6.07, 6.45) is 8.68. The minimum atomic E-state index is -0.731. The average molecular weight is 400 g/mol. The van der Waals surface area contributed by atoms with Gasteiger partial charge < -0.3 is 16.0 Å². The normalized spacial score (nSPS) is 22.4. The Morgan fingerprint density at radius 3 is 2.52 bits per heavy atom. The molecule has 2 fully saturated rings. The molecule has 3 rings (SSSR count). The first-order valence-electron chi connectivity index (χ1n) is 11.0. The molecular formula is C23H33N3O3. The van der Waals surface area contributed by atoms with E-state index in [0.29, 0.717) is 31.2 Å². The molecule has 2 unspecified atom stereocenters. The average Bonchev–Trinajstić information content (AvgIpc) is 2.73. The number of nitrogens with zero attached hydrogens (tertiary/aromatic N) is 1.